The minimum absolute atomic E-state index is 0.237. The van der Waals surface area contributed by atoms with Gasteiger partial charge in [-0.2, -0.15) is 0 Å². The molecule has 0 aliphatic carbocycles. The van der Waals surface area contributed by atoms with Crippen molar-refractivity contribution in [2.45, 2.75) is 66.6 Å². The van der Waals surface area contributed by atoms with Crippen molar-refractivity contribution >= 4 is 5.91 Å². The van der Waals surface area contributed by atoms with Gasteiger partial charge in [0.15, 0.2) is 0 Å². The van der Waals surface area contributed by atoms with E-state index in [-0.39, 0.29) is 11.9 Å². The molecule has 0 N–H and O–H groups in total. The summed E-state index contributed by atoms with van der Waals surface area (Å²) in [6.45, 7) is 12.2. The number of amides is 1. The number of carbonyl (C=O) groups is 1. The molecule has 1 atom stereocenters. The highest BCUT2D eigenvalue weighted by Gasteiger charge is 2.23. The minimum Gasteiger partial charge on any atom is -0.345 e. The van der Waals surface area contributed by atoms with Crippen molar-refractivity contribution < 1.29 is 4.79 Å². The van der Waals surface area contributed by atoms with Gasteiger partial charge in [0, 0.05) is 30.9 Å². The molecule has 0 saturated carbocycles. The lowest BCUT2D eigenvalue weighted by molar-refractivity contribution is -0.135. The van der Waals surface area contributed by atoms with E-state index in [4.69, 9.17) is 0 Å². The van der Waals surface area contributed by atoms with Crippen molar-refractivity contribution in [1.29, 1.82) is 0 Å². The summed E-state index contributed by atoms with van der Waals surface area (Å²) in [6, 6.07) is 13.1. The molecule has 2 aromatic rings. The second-order valence-electron chi connectivity index (χ2n) is 7.37. The molecular formula is C22H32N2O. The molecule has 136 valence electrons. The van der Waals surface area contributed by atoms with E-state index in [9.17, 15) is 4.79 Å². The SMILES string of the molecule is CCCC(=O)N(Cc1cccn1Cc1cccc(C)c1)[C@H](C)C(C)C. The number of carbonyl (C=O) groups excluding carboxylic acids is 1. The predicted octanol–water partition coefficient (Wildman–Crippen LogP) is 5.02. The molecule has 0 aliphatic heterocycles. The van der Waals surface area contributed by atoms with Gasteiger partial charge in [-0.1, -0.05) is 50.6 Å². The van der Waals surface area contributed by atoms with Crippen LogP contribution in [0.2, 0.25) is 0 Å². The van der Waals surface area contributed by atoms with Crippen LogP contribution < -0.4 is 0 Å². The van der Waals surface area contributed by atoms with Crippen molar-refractivity contribution in [3.63, 3.8) is 0 Å². The zero-order chi connectivity index (χ0) is 18.4. The molecule has 3 nitrogen and oxygen atoms in total. The predicted molar refractivity (Wildman–Crippen MR) is 104 cm³/mol. The first-order valence-corrected chi connectivity index (χ1v) is 9.41. The van der Waals surface area contributed by atoms with Crippen molar-refractivity contribution in [2.24, 2.45) is 5.92 Å². The maximum Gasteiger partial charge on any atom is 0.223 e. The summed E-state index contributed by atoms with van der Waals surface area (Å²) in [5.74, 6) is 0.702. The van der Waals surface area contributed by atoms with Gasteiger partial charge in [0.25, 0.3) is 0 Å². The van der Waals surface area contributed by atoms with Gasteiger partial charge in [0.05, 0.1) is 6.54 Å². The van der Waals surface area contributed by atoms with Gasteiger partial charge in [0.2, 0.25) is 5.91 Å². The second-order valence-corrected chi connectivity index (χ2v) is 7.37. The molecule has 0 bridgehead atoms. The maximum absolute atomic E-state index is 12.6. The fourth-order valence-electron chi connectivity index (χ4n) is 3.11. The number of aromatic nitrogens is 1. The Morgan fingerprint density at radius 3 is 2.56 bits per heavy atom. The summed E-state index contributed by atoms with van der Waals surface area (Å²) in [5, 5.41) is 0. The third kappa shape index (κ3) is 5.22. The van der Waals surface area contributed by atoms with Crippen molar-refractivity contribution in [1.82, 2.24) is 9.47 Å². The van der Waals surface area contributed by atoms with Crippen LogP contribution in [0, 0.1) is 12.8 Å². The molecule has 2 rings (SSSR count). The number of nitrogens with zero attached hydrogens (tertiary/aromatic N) is 2. The van der Waals surface area contributed by atoms with Crippen LogP contribution >= 0.6 is 0 Å². The zero-order valence-corrected chi connectivity index (χ0v) is 16.3. The van der Waals surface area contributed by atoms with E-state index >= 15 is 0 Å². The fourth-order valence-corrected chi connectivity index (χ4v) is 3.11. The van der Waals surface area contributed by atoms with Crippen LogP contribution in [-0.4, -0.2) is 21.4 Å². The average Bonchev–Trinajstić information content (AvgIpc) is 2.99. The van der Waals surface area contributed by atoms with Crippen molar-refractivity contribution in [2.75, 3.05) is 0 Å². The summed E-state index contributed by atoms with van der Waals surface area (Å²) in [6.07, 6.45) is 3.63. The van der Waals surface area contributed by atoms with Gasteiger partial charge in [-0.3, -0.25) is 4.79 Å². The molecular weight excluding hydrogens is 308 g/mol. The monoisotopic (exact) mass is 340 g/mol. The first-order valence-electron chi connectivity index (χ1n) is 9.41. The molecule has 1 heterocycles. The topological polar surface area (TPSA) is 25.2 Å². The highest BCUT2D eigenvalue weighted by atomic mass is 16.2. The van der Waals surface area contributed by atoms with Crippen molar-refractivity contribution in [3.8, 4) is 0 Å². The van der Waals surface area contributed by atoms with Crippen LogP contribution in [0.5, 0.6) is 0 Å². The summed E-state index contributed by atoms with van der Waals surface area (Å²) in [5.41, 5.74) is 3.76. The lowest BCUT2D eigenvalue weighted by atomic mass is 10.0. The Labute approximate surface area is 152 Å². The van der Waals surface area contributed by atoms with Gasteiger partial charge in [-0.15, -0.1) is 0 Å². The summed E-state index contributed by atoms with van der Waals surface area (Å²) < 4.78 is 2.26. The molecule has 0 fully saturated rings. The number of hydrogen-bond acceptors (Lipinski definition) is 1. The Balaban J connectivity index is 2.19. The normalized spacial score (nSPS) is 12.4. The Morgan fingerprint density at radius 2 is 1.92 bits per heavy atom. The second kappa shape index (κ2) is 8.89. The molecule has 0 spiro atoms. The lowest BCUT2D eigenvalue weighted by Gasteiger charge is -2.32. The van der Waals surface area contributed by atoms with Crippen LogP contribution in [-0.2, 0) is 17.9 Å². The van der Waals surface area contributed by atoms with E-state index in [1.807, 2.05) is 0 Å². The summed E-state index contributed by atoms with van der Waals surface area (Å²) in [4.78, 5) is 14.7. The number of hydrogen-bond donors (Lipinski definition) is 0. The smallest absolute Gasteiger partial charge is 0.223 e. The van der Waals surface area contributed by atoms with Gasteiger partial charge >= 0.3 is 0 Å². The number of aryl methyl sites for hydroxylation is 1. The fraction of sp³-hybridized carbons (Fsp3) is 0.500. The van der Waals surface area contributed by atoms with Crippen LogP contribution in [0.25, 0.3) is 0 Å². The molecule has 0 unspecified atom stereocenters. The lowest BCUT2D eigenvalue weighted by Crippen LogP contribution is -2.41. The molecule has 1 aromatic carbocycles. The van der Waals surface area contributed by atoms with E-state index in [0.717, 1.165) is 13.0 Å². The first kappa shape index (κ1) is 19.3. The van der Waals surface area contributed by atoms with E-state index in [2.05, 4.69) is 86.7 Å². The van der Waals surface area contributed by atoms with E-state index < -0.39 is 0 Å². The molecule has 0 aliphatic rings. The minimum atomic E-state index is 0.237. The highest BCUT2D eigenvalue weighted by molar-refractivity contribution is 5.76. The summed E-state index contributed by atoms with van der Waals surface area (Å²) in [7, 11) is 0. The molecule has 0 saturated heterocycles. The number of rotatable bonds is 8. The molecule has 25 heavy (non-hydrogen) atoms. The van der Waals surface area contributed by atoms with Crippen LogP contribution in [0.3, 0.4) is 0 Å². The van der Waals surface area contributed by atoms with E-state index in [0.29, 0.717) is 18.9 Å². The van der Waals surface area contributed by atoms with Crippen LogP contribution in [0.1, 0.15) is 57.4 Å². The van der Waals surface area contributed by atoms with Crippen LogP contribution in [0.15, 0.2) is 42.6 Å². The largest absolute Gasteiger partial charge is 0.345 e. The Hall–Kier alpha value is -2.03. The molecule has 1 aromatic heterocycles. The average molecular weight is 341 g/mol. The Kier molecular flexibility index (Phi) is 6.86. The van der Waals surface area contributed by atoms with Crippen molar-refractivity contribution in [3.05, 3.63) is 59.4 Å². The highest BCUT2D eigenvalue weighted by Crippen LogP contribution is 2.18. The Bertz CT molecular complexity index is 687. The van der Waals surface area contributed by atoms with E-state index in [1.54, 1.807) is 0 Å². The maximum atomic E-state index is 12.6. The Morgan fingerprint density at radius 1 is 1.16 bits per heavy atom. The zero-order valence-electron chi connectivity index (χ0n) is 16.3. The number of benzene rings is 1. The van der Waals surface area contributed by atoms with Gasteiger partial charge in [-0.05, 0) is 43.9 Å². The quantitative estimate of drug-likeness (QED) is 0.662. The summed E-state index contributed by atoms with van der Waals surface area (Å²) >= 11 is 0. The molecule has 1 amide bonds. The third-order valence-corrected chi connectivity index (χ3v) is 4.93. The van der Waals surface area contributed by atoms with Crippen LogP contribution in [0.4, 0.5) is 0 Å². The van der Waals surface area contributed by atoms with Gasteiger partial charge < -0.3 is 9.47 Å². The third-order valence-electron chi connectivity index (χ3n) is 4.93. The first-order chi connectivity index (χ1) is 11.9. The molecule has 3 heteroatoms. The van der Waals surface area contributed by atoms with E-state index in [1.165, 1.54) is 16.8 Å². The molecule has 0 radical (unpaired) electrons. The van der Waals surface area contributed by atoms with Gasteiger partial charge in [0.1, 0.15) is 0 Å². The standard InChI is InChI=1S/C22H32N2O/c1-6-9-22(25)24(19(5)17(2)3)16-21-12-8-13-23(21)15-20-11-7-10-18(4)14-20/h7-8,10-14,17,19H,6,9,15-16H2,1-5H3/t19-/m1/s1. The van der Waals surface area contributed by atoms with Gasteiger partial charge in [-0.25, -0.2) is 0 Å².